The summed E-state index contributed by atoms with van der Waals surface area (Å²) >= 11 is 1.29. The van der Waals surface area contributed by atoms with Gasteiger partial charge in [0.15, 0.2) is 11.0 Å². The summed E-state index contributed by atoms with van der Waals surface area (Å²) in [6.45, 7) is 0.0709. The number of methoxy groups -OCH3 is 2. The summed E-state index contributed by atoms with van der Waals surface area (Å²) < 4.78 is 37.4. The highest BCUT2D eigenvalue weighted by atomic mass is 32.2. The lowest BCUT2D eigenvalue weighted by atomic mass is 10.3. The van der Waals surface area contributed by atoms with Gasteiger partial charge in [0.1, 0.15) is 29.7 Å². The molecule has 0 saturated heterocycles. The van der Waals surface area contributed by atoms with E-state index in [1.807, 2.05) is 0 Å². The van der Waals surface area contributed by atoms with Crippen molar-refractivity contribution >= 4 is 17.7 Å². The maximum atomic E-state index is 14.6. The Morgan fingerprint density at radius 2 is 1.79 bits per heavy atom. The summed E-state index contributed by atoms with van der Waals surface area (Å²) in [7, 11) is 2.87. The van der Waals surface area contributed by atoms with E-state index in [0.29, 0.717) is 39.7 Å². The molecule has 0 saturated carbocycles. The number of aromatic nitrogens is 3. The number of esters is 1. The molecule has 0 radical (unpaired) electrons. The third kappa shape index (κ3) is 5.17. The molecular formula is C23H20FN3O5S. The zero-order chi connectivity index (χ0) is 23.2. The fourth-order valence-electron chi connectivity index (χ4n) is 2.98. The van der Waals surface area contributed by atoms with Crippen LogP contribution in [0.1, 0.15) is 22.1 Å². The Hall–Kier alpha value is -3.79. The number of thioether (sulfide) groups is 1. The van der Waals surface area contributed by atoms with E-state index in [0.717, 1.165) is 0 Å². The molecule has 0 fully saturated rings. The van der Waals surface area contributed by atoms with Gasteiger partial charge in [0.25, 0.3) is 0 Å². The number of furan rings is 1. The van der Waals surface area contributed by atoms with Gasteiger partial charge in [-0.2, -0.15) is 0 Å². The van der Waals surface area contributed by atoms with Crippen LogP contribution in [0.15, 0.2) is 70.2 Å². The molecule has 0 aliphatic heterocycles. The average Bonchev–Trinajstić information content (AvgIpc) is 3.48. The van der Waals surface area contributed by atoms with Crippen molar-refractivity contribution in [1.82, 2.24) is 14.8 Å². The molecule has 8 nitrogen and oxygen atoms in total. The molecule has 0 atom stereocenters. The molecule has 0 amide bonds. The van der Waals surface area contributed by atoms with Gasteiger partial charge in [-0.15, -0.1) is 10.2 Å². The zero-order valence-corrected chi connectivity index (χ0v) is 18.7. The minimum Gasteiger partial charge on any atom is -0.497 e. The number of benzene rings is 2. The molecule has 0 N–H and O–H groups in total. The number of hydrogen-bond donors (Lipinski definition) is 0. The van der Waals surface area contributed by atoms with Crippen molar-refractivity contribution in [1.29, 1.82) is 0 Å². The second-order valence-corrected chi connectivity index (χ2v) is 7.64. The minimum atomic E-state index is -0.557. The van der Waals surface area contributed by atoms with Crippen LogP contribution in [-0.2, 0) is 17.1 Å². The van der Waals surface area contributed by atoms with E-state index in [9.17, 15) is 9.18 Å². The van der Waals surface area contributed by atoms with Crippen molar-refractivity contribution in [3.63, 3.8) is 0 Å². The predicted molar refractivity (Wildman–Crippen MR) is 118 cm³/mol. The third-order valence-electron chi connectivity index (χ3n) is 4.61. The summed E-state index contributed by atoms with van der Waals surface area (Å²) in [4.78, 5) is 11.6. The molecule has 0 aliphatic rings. The van der Waals surface area contributed by atoms with Crippen LogP contribution in [0, 0.1) is 5.82 Å². The Bertz CT molecular complexity index is 1240. The van der Waals surface area contributed by atoms with Gasteiger partial charge in [-0.25, -0.2) is 9.18 Å². The molecule has 10 heteroatoms. The quantitative estimate of drug-likeness (QED) is 0.258. The summed E-state index contributed by atoms with van der Waals surface area (Å²) in [5.41, 5.74) is 0.299. The van der Waals surface area contributed by atoms with Crippen LogP contribution in [0.2, 0.25) is 0 Å². The molecule has 4 aromatic rings. The van der Waals surface area contributed by atoms with Crippen molar-refractivity contribution in [2.24, 2.45) is 0 Å². The SMILES string of the molecule is COC(=O)c1ccc(CSc2nnc(COc3ccc(OC)cc3)n2-c2ccccc2F)o1. The van der Waals surface area contributed by atoms with E-state index in [1.165, 1.54) is 31.0 Å². The standard InChI is InChI=1S/C23H20FN3O5S/c1-29-15-7-9-16(10-8-15)31-13-21-25-26-23(27(21)19-6-4-3-5-18(19)24)33-14-17-11-12-20(32-17)22(28)30-2/h3-12H,13-14H2,1-2H3. The number of ether oxygens (including phenoxy) is 3. The monoisotopic (exact) mass is 469 g/mol. The molecule has 33 heavy (non-hydrogen) atoms. The van der Waals surface area contributed by atoms with Crippen molar-refractivity contribution in [2.75, 3.05) is 14.2 Å². The molecule has 4 rings (SSSR count). The first-order valence-electron chi connectivity index (χ1n) is 9.85. The number of carbonyl (C=O) groups is 1. The summed E-state index contributed by atoms with van der Waals surface area (Å²) in [5, 5.41) is 8.88. The zero-order valence-electron chi connectivity index (χ0n) is 17.9. The second kappa shape index (κ2) is 10.2. The van der Waals surface area contributed by atoms with Crippen LogP contribution in [0.3, 0.4) is 0 Å². The molecule has 0 spiro atoms. The molecule has 2 aromatic heterocycles. The fraction of sp³-hybridized carbons (Fsp3) is 0.174. The average molecular weight is 469 g/mol. The molecule has 2 aromatic carbocycles. The molecule has 0 unspecified atom stereocenters. The van der Waals surface area contributed by atoms with Crippen LogP contribution in [-0.4, -0.2) is 35.0 Å². The van der Waals surface area contributed by atoms with E-state index < -0.39 is 11.8 Å². The highest BCUT2D eigenvalue weighted by molar-refractivity contribution is 7.98. The van der Waals surface area contributed by atoms with E-state index in [4.69, 9.17) is 13.9 Å². The predicted octanol–water partition coefficient (Wildman–Crippen LogP) is 4.67. The first kappa shape index (κ1) is 22.4. The van der Waals surface area contributed by atoms with Crippen LogP contribution in [0.4, 0.5) is 4.39 Å². The normalized spacial score (nSPS) is 10.8. The van der Waals surface area contributed by atoms with Gasteiger partial charge in [0.05, 0.1) is 25.7 Å². The fourth-order valence-corrected chi connectivity index (χ4v) is 3.84. The first-order valence-corrected chi connectivity index (χ1v) is 10.8. The van der Waals surface area contributed by atoms with Crippen molar-refractivity contribution in [3.05, 3.63) is 83.8 Å². The van der Waals surface area contributed by atoms with Crippen LogP contribution < -0.4 is 9.47 Å². The maximum absolute atomic E-state index is 14.6. The lowest BCUT2D eigenvalue weighted by Crippen LogP contribution is -2.08. The summed E-state index contributed by atoms with van der Waals surface area (Å²) in [6, 6.07) is 16.7. The Balaban J connectivity index is 1.56. The maximum Gasteiger partial charge on any atom is 0.373 e. The highest BCUT2D eigenvalue weighted by Gasteiger charge is 2.19. The number of para-hydroxylation sites is 1. The summed E-state index contributed by atoms with van der Waals surface area (Å²) in [6.07, 6.45) is 0. The van der Waals surface area contributed by atoms with Crippen LogP contribution in [0.5, 0.6) is 11.5 Å². The Kier molecular flexibility index (Phi) is 6.94. The summed E-state index contributed by atoms with van der Waals surface area (Å²) in [5.74, 6) is 1.77. The van der Waals surface area contributed by atoms with Crippen LogP contribution >= 0.6 is 11.8 Å². The minimum absolute atomic E-state index is 0.0709. The second-order valence-electron chi connectivity index (χ2n) is 6.70. The van der Waals surface area contributed by atoms with Crippen molar-refractivity contribution in [2.45, 2.75) is 17.5 Å². The smallest absolute Gasteiger partial charge is 0.373 e. The Morgan fingerprint density at radius 1 is 1.03 bits per heavy atom. The van der Waals surface area contributed by atoms with Gasteiger partial charge >= 0.3 is 5.97 Å². The number of halogens is 1. The molecule has 2 heterocycles. The van der Waals surface area contributed by atoms with Crippen LogP contribution in [0.25, 0.3) is 5.69 Å². The van der Waals surface area contributed by atoms with Crippen molar-refractivity contribution in [3.8, 4) is 17.2 Å². The molecular weight excluding hydrogens is 449 g/mol. The Labute approximate surface area is 193 Å². The van der Waals surface area contributed by atoms with E-state index in [1.54, 1.807) is 60.2 Å². The van der Waals surface area contributed by atoms with E-state index in [2.05, 4.69) is 14.9 Å². The van der Waals surface area contributed by atoms with Gasteiger partial charge in [-0.1, -0.05) is 23.9 Å². The number of nitrogens with zero attached hydrogens (tertiary/aromatic N) is 3. The Morgan fingerprint density at radius 3 is 2.52 bits per heavy atom. The largest absolute Gasteiger partial charge is 0.497 e. The van der Waals surface area contributed by atoms with Crippen molar-refractivity contribution < 1.29 is 27.8 Å². The molecule has 0 aliphatic carbocycles. The highest BCUT2D eigenvalue weighted by Crippen LogP contribution is 2.28. The number of rotatable bonds is 9. The lowest BCUT2D eigenvalue weighted by Gasteiger charge is -2.12. The van der Waals surface area contributed by atoms with Gasteiger partial charge < -0.3 is 18.6 Å². The molecule has 0 bridgehead atoms. The third-order valence-corrected chi connectivity index (χ3v) is 5.56. The first-order chi connectivity index (χ1) is 16.1. The number of hydrogen-bond acceptors (Lipinski definition) is 8. The van der Waals surface area contributed by atoms with Gasteiger partial charge in [-0.05, 0) is 48.5 Å². The molecule has 170 valence electrons. The van der Waals surface area contributed by atoms with Gasteiger partial charge in [0, 0.05) is 0 Å². The van der Waals surface area contributed by atoms with E-state index >= 15 is 0 Å². The number of carbonyl (C=O) groups excluding carboxylic acids is 1. The lowest BCUT2D eigenvalue weighted by molar-refractivity contribution is 0.0563. The van der Waals surface area contributed by atoms with Gasteiger partial charge in [0.2, 0.25) is 5.76 Å². The van der Waals surface area contributed by atoms with E-state index in [-0.39, 0.29) is 12.4 Å². The topological polar surface area (TPSA) is 88.6 Å². The van der Waals surface area contributed by atoms with Gasteiger partial charge in [-0.3, -0.25) is 4.57 Å².